The van der Waals surface area contributed by atoms with E-state index >= 15 is 0 Å². The zero-order valence-corrected chi connectivity index (χ0v) is 14.3. The Hall–Kier alpha value is -1.59. The molecule has 2 amide bonds. The van der Waals surface area contributed by atoms with Crippen molar-refractivity contribution in [3.05, 3.63) is 0 Å². The van der Waals surface area contributed by atoms with Crippen LogP contribution >= 0.6 is 0 Å². The molecule has 1 saturated carbocycles. The number of carboxylic acids is 1. The summed E-state index contributed by atoms with van der Waals surface area (Å²) in [5.41, 5.74) is -0.739. The van der Waals surface area contributed by atoms with Gasteiger partial charge >= 0.3 is 5.97 Å². The first-order valence-corrected chi connectivity index (χ1v) is 8.70. The van der Waals surface area contributed by atoms with E-state index in [2.05, 4.69) is 10.6 Å². The van der Waals surface area contributed by atoms with Crippen LogP contribution in [-0.2, 0) is 14.4 Å². The van der Waals surface area contributed by atoms with Crippen molar-refractivity contribution in [3.63, 3.8) is 0 Å². The average Bonchev–Trinajstić information content (AvgIpc) is 2.52. The Morgan fingerprint density at radius 2 is 1.65 bits per heavy atom. The van der Waals surface area contributed by atoms with E-state index < -0.39 is 11.5 Å². The van der Waals surface area contributed by atoms with Crippen molar-refractivity contribution in [2.75, 3.05) is 6.54 Å². The van der Waals surface area contributed by atoms with Gasteiger partial charge in [-0.15, -0.1) is 0 Å². The molecule has 6 nitrogen and oxygen atoms in total. The maximum Gasteiger partial charge on any atom is 0.305 e. The second kappa shape index (κ2) is 9.53. The molecule has 0 aromatic carbocycles. The average molecular weight is 326 g/mol. The van der Waals surface area contributed by atoms with Crippen molar-refractivity contribution in [2.24, 2.45) is 5.92 Å². The van der Waals surface area contributed by atoms with Crippen LogP contribution < -0.4 is 10.6 Å². The van der Waals surface area contributed by atoms with Gasteiger partial charge in [0, 0.05) is 6.42 Å². The zero-order chi connectivity index (χ0) is 17.3. The molecule has 6 heteroatoms. The molecule has 132 valence electrons. The highest BCUT2D eigenvalue weighted by Gasteiger charge is 2.31. The van der Waals surface area contributed by atoms with E-state index in [-0.39, 0.29) is 24.8 Å². The quantitative estimate of drug-likeness (QED) is 0.605. The summed E-state index contributed by atoms with van der Waals surface area (Å²) in [6.07, 6.45) is 7.25. The molecule has 1 fully saturated rings. The fraction of sp³-hybridized carbons (Fsp3) is 0.824. The lowest BCUT2D eigenvalue weighted by Crippen LogP contribution is -2.52. The van der Waals surface area contributed by atoms with Crippen LogP contribution in [0.3, 0.4) is 0 Å². The normalized spacial score (nSPS) is 15.9. The van der Waals surface area contributed by atoms with Crippen LogP contribution in [0.25, 0.3) is 0 Å². The first-order valence-electron chi connectivity index (χ1n) is 8.70. The second-order valence-electron chi connectivity index (χ2n) is 6.59. The number of rotatable bonds is 9. The molecule has 0 spiro atoms. The van der Waals surface area contributed by atoms with Crippen LogP contribution in [0.5, 0.6) is 0 Å². The second-order valence-corrected chi connectivity index (χ2v) is 6.59. The van der Waals surface area contributed by atoms with Crippen LogP contribution in [0.4, 0.5) is 0 Å². The topological polar surface area (TPSA) is 95.5 Å². The molecule has 1 aliphatic rings. The summed E-state index contributed by atoms with van der Waals surface area (Å²) >= 11 is 0. The first-order chi connectivity index (χ1) is 10.9. The Balaban J connectivity index is 2.39. The van der Waals surface area contributed by atoms with E-state index in [1.54, 1.807) is 0 Å². The predicted molar refractivity (Wildman–Crippen MR) is 87.9 cm³/mol. The van der Waals surface area contributed by atoms with E-state index in [1.165, 1.54) is 19.3 Å². The number of nitrogens with one attached hydrogen (secondary N) is 2. The fourth-order valence-corrected chi connectivity index (χ4v) is 3.25. The number of hydrogen-bond donors (Lipinski definition) is 3. The third-order valence-corrected chi connectivity index (χ3v) is 4.89. The minimum Gasteiger partial charge on any atom is -0.481 e. The lowest BCUT2D eigenvalue weighted by molar-refractivity contribution is -0.139. The van der Waals surface area contributed by atoms with Gasteiger partial charge in [0.25, 0.3) is 0 Å². The molecule has 23 heavy (non-hydrogen) atoms. The van der Waals surface area contributed by atoms with E-state index in [0.717, 1.165) is 12.8 Å². The molecular weight excluding hydrogens is 296 g/mol. The Labute approximate surface area is 138 Å². The number of carbonyl (C=O) groups is 3. The molecule has 0 saturated heterocycles. The van der Waals surface area contributed by atoms with Gasteiger partial charge in [0.15, 0.2) is 0 Å². The zero-order valence-electron chi connectivity index (χ0n) is 14.3. The van der Waals surface area contributed by atoms with Gasteiger partial charge < -0.3 is 15.7 Å². The smallest absolute Gasteiger partial charge is 0.305 e. The molecule has 0 aromatic heterocycles. The molecule has 0 heterocycles. The molecule has 0 aliphatic heterocycles. The minimum atomic E-state index is -0.935. The van der Waals surface area contributed by atoms with Crippen molar-refractivity contribution in [1.29, 1.82) is 0 Å². The molecule has 0 atom stereocenters. The molecule has 0 aromatic rings. The van der Waals surface area contributed by atoms with E-state index in [9.17, 15) is 14.4 Å². The summed E-state index contributed by atoms with van der Waals surface area (Å²) in [5, 5.41) is 14.4. The summed E-state index contributed by atoms with van der Waals surface area (Å²) in [4.78, 5) is 34.9. The van der Waals surface area contributed by atoms with Gasteiger partial charge in [0.05, 0.1) is 18.5 Å². The highest BCUT2D eigenvalue weighted by molar-refractivity contribution is 5.85. The number of carbonyl (C=O) groups excluding carboxylic acids is 2. The van der Waals surface area contributed by atoms with Gasteiger partial charge in [-0.25, -0.2) is 0 Å². The monoisotopic (exact) mass is 326 g/mol. The van der Waals surface area contributed by atoms with Crippen LogP contribution in [0, 0.1) is 5.92 Å². The summed E-state index contributed by atoms with van der Waals surface area (Å²) in [6, 6.07) is 0. The fourth-order valence-electron chi connectivity index (χ4n) is 3.25. The lowest BCUT2D eigenvalue weighted by Gasteiger charge is -2.31. The SMILES string of the molecule is CCC(CC)(CC(=O)O)NC(=O)CNC(=O)CC1CCCCC1. The molecule has 0 unspecified atom stereocenters. The molecule has 0 bridgehead atoms. The van der Waals surface area contributed by atoms with Crippen molar-refractivity contribution in [3.8, 4) is 0 Å². The summed E-state index contributed by atoms with van der Waals surface area (Å²) in [5.74, 6) is -0.921. The van der Waals surface area contributed by atoms with Crippen molar-refractivity contribution >= 4 is 17.8 Å². The Kier molecular flexibility index (Phi) is 8.06. The van der Waals surface area contributed by atoms with Crippen molar-refractivity contribution < 1.29 is 19.5 Å². The van der Waals surface area contributed by atoms with Gasteiger partial charge in [-0.2, -0.15) is 0 Å². The summed E-state index contributed by atoms with van der Waals surface area (Å²) in [7, 11) is 0. The summed E-state index contributed by atoms with van der Waals surface area (Å²) in [6.45, 7) is 3.62. The molecule has 1 rings (SSSR count). The molecule has 3 N–H and O–H groups in total. The summed E-state index contributed by atoms with van der Waals surface area (Å²) < 4.78 is 0. The van der Waals surface area contributed by atoms with Gasteiger partial charge in [0.2, 0.25) is 11.8 Å². The third-order valence-electron chi connectivity index (χ3n) is 4.89. The van der Waals surface area contributed by atoms with Gasteiger partial charge in [-0.05, 0) is 31.6 Å². The van der Waals surface area contributed by atoms with Gasteiger partial charge in [-0.3, -0.25) is 14.4 Å². The molecule has 1 aliphatic carbocycles. The van der Waals surface area contributed by atoms with Crippen LogP contribution in [0.15, 0.2) is 0 Å². The van der Waals surface area contributed by atoms with Crippen LogP contribution in [0.1, 0.15) is 71.6 Å². The molecule has 0 radical (unpaired) electrons. The van der Waals surface area contributed by atoms with E-state index in [4.69, 9.17) is 5.11 Å². The number of amides is 2. The maximum absolute atomic E-state index is 12.0. The van der Waals surface area contributed by atoms with Crippen molar-refractivity contribution in [2.45, 2.75) is 77.2 Å². The largest absolute Gasteiger partial charge is 0.481 e. The van der Waals surface area contributed by atoms with Gasteiger partial charge in [-0.1, -0.05) is 33.1 Å². The number of hydrogen-bond acceptors (Lipinski definition) is 3. The van der Waals surface area contributed by atoms with Crippen LogP contribution in [-0.4, -0.2) is 35.0 Å². The minimum absolute atomic E-state index is 0.0904. The maximum atomic E-state index is 12.0. The number of carboxylic acid groups (broad SMARTS) is 1. The molecular formula is C17H30N2O4. The van der Waals surface area contributed by atoms with E-state index in [0.29, 0.717) is 25.2 Å². The highest BCUT2D eigenvalue weighted by atomic mass is 16.4. The predicted octanol–water partition coefficient (Wildman–Crippen LogP) is 2.22. The Bertz CT molecular complexity index is 413. The standard InChI is InChI=1S/C17H30N2O4/c1-3-17(4-2,11-16(22)23)19-15(21)12-18-14(20)10-13-8-6-5-7-9-13/h13H,3-12H2,1-2H3,(H,18,20)(H,19,21)(H,22,23). The first kappa shape index (κ1) is 19.5. The lowest BCUT2D eigenvalue weighted by atomic mass is 9.87. The van der Waals surface area contributed by atoms with E-state index in [1.807, 2.05) is 13.8 Å². The van der Waals surface area contributed by atoms with Gasteiger partial charge in [0.1, 0.15) is 0 Å². The van der Waals surface area contributed by atoms with Crippen molar-refractivity contribution in [1.82, 2.24) is 10.6 Å². The Morgan fingerprint density at radius 3 is 2.17 bits per heavy atom. The third kappa shape index (κ3) is 7.01. The highest BCUT2D eigenvalue weighted by Crippen LogP contribution is 2.26. The Morgan fingerprint density at radius 1 is 1.04 bits per heavy atom. The number of aliphatic carboxylic acids is 1. The van der Waals surface area contributed by atoms with Crippen LogP contribution in [0.2, 0.25) is 0 Å².